The lowest BCUT2D eigenvalue weighted by Crippen LogP contribution is -2.25. The normalized spacial score (nSPS) is 20.3. The Morgan fingerprint density at radius 2 is 2.24 bits per heavy atom. The minimum absolute atomic E-state index is 0.222. The van der Waals surface area contributed by atoms with Gasteiger partial charge in [-0.2, -0.15) is 0 Å². The molecule has 0 bridgehead atoms. The monoisotopic (exact) mass is 329 g/mol. The lowest BCUT2D eigenvalue weighted by molar-refractivity contribution is 0.0694. The Morgan fingerprint density at radius 3 is 2.81 bits per heavy atom. The third-order valence-electron chi connectivity index (χ3n) is 3.52. The van der Waals surface area contributed by atoms with Crippen molar-refractivity contribution in [2.24, 2.45) is 0 Å². The molecule has 2 N–H and O–H groups in total. The summed E-state index contributed by atoms with van der Waals surface area (Å²) >= 11 is 1.46. The van der Waals surface area contributed by atoms with E-state index in [1.807, 2.05) is 6.92 Å². The molecule has 1 unspecified atom stereocenters. The highest BCUT2D eigenvalue weighted by atomic mass is 32.2. The molecule has 1 atom stereocenters. The molecular formula is C14H19NO4S2. The summed E-state index contributed by atoms with van der Waals surface area (Å²) in [5.41, 5.74) is 0.711. The lowest BCUT2D eigenvalue weighted by Gasteiger charge is -2.15. The van der Waals surface area contributed by atoms with Crippen LogP contribution in [0.4, 0.5) is 5.69 Å². The highest BCUT2D eigenvalue weighted by Gasteiger charge is 2.31. The second kappa shape index (κ2) is 6.70. The number of anilines is 1. The summed E-state index contributed by atoms with van der Waals surface area (Å²) in [4.78, 5) is 12.2. The highest BCUT2D eigenvalue weighted by molar-refractivity contribution is 7.99. The van der Waals surface area contributed by atoms with Crippen molar-refractivity contribution >= 4 is 33.3 Å². The van der Waals surface area contributed by atoms with E-state index < -0.39 is 21.1 Å². The molecule has 1 saturated heterocycles. The van der Waals surface area contributed by atoms with Gasteiger partial charge in [0, 0.05) is 17.1 Å². The molecule has 0 amide bonds. The Bertz CT molecular complexity index is 628. The van der Waals surface area contributed by atoms with Gasteiger partial charge < -0.3 is 10.4 Å². The molecule has 21 heavy (non-hydrogen) atoms. The predicted octanol–water partition coefficient (Wildman–Crippen LogP) is 2.49. The highest BCUT2D eigenvalue weighted by Crippen LogP contribution is 2.29. The van der Waals surface area contributed by atoms with Crippen molar-refractivity contribution in [2.75, 3.05) is 23.4 Å². The van der Waals surface area contributed by atoms with Crippen LogP contribution in [0, 0.1) is 0 Å². The molecule has 5 nitrogen and oxygen atoms in total. The molecule has 0 aliphatic carbocycles. The minimum Gasteiger partial charge on any atom is -0.478 e. The van der Waals surface area contributed by atoms with Crippen LogP contribution in [0.15, 0.2) is 23.1 Å². The fourth-order valence-electron chi connectivity index (χ4n) is 2.49. The molecule has 1 aliphatic heterocycles. The molecule has 7 heteroatoms. The van der Waals surface area contributed by atoms with Gasteiger partial charge in [-0.25, -0.2) is 13.2 Å². The maximum atomic E-state index is 11.8. The number of hydrogen-bond donors (Lipinski definition) is 2. The van der Waals surface area contributed by atoms with Gasteiger partial charge in [0.25, 0.3) is 0 Å². The van der Waals surface area contributed by atoms with E-state index in [-0.39, 0.29) is 17.9 Å². The summed E-state index contributed by atoms with van der Waals surface area (Å²) in [6.07, 6.45) is 1.33. The number of thioether (sulfide) groups is 1. The van der Waals surface area contributed by atoms with E-state index in [4.69, 9.17) is 0 Å². The zero-order chi connectivity index (χ0) is 15.5. The maximum absolute atomic E-state index is 11.8. The number of sulfone groups is 1. The third-order valence-corrected chi connectivity index (χ3v) is 6.74. The van der Waals surface area contributed by atoms with Crippen LogP contribution in [0.1, 0.15) is 30.1 Å². The molecule has 2 rings (SSSR count). The summed E-state index contributed by atoms with van der Waals surface area (Å²) in [7, 11) is -3.03. The first-order valence-corrected chi connectivity index (χ1v) is 9.60. The molecular weight excluding hydrogens is 310 g/mol. The van der Waals surface area contributed by atoms with Crippen LogP contribution in [0.3, 0.4) is 0 Å². The number of nitrogens with one attached hydrogen (secondary N) is 1. The quantitative estimate of drug-likeness (QED) is 0.780. The van der Waals surface area contributed by atoms with Gasteiger partial charge in [0.1, 0.15) is 0 Å². The van der Waals surface area contributed by atoms with Crippen LogP contribution < -0.4 is 5.32 Å². The lowest BCUT2D eigenvalue weighted by atomic mass is 10.1. The summed E-state index contributed by atoms with van der Waals surface area (Å²) in [6, 6.07) is 5.25. The van der Waals surface area contributed by atoms with E-state index in [0.29, 0.717) is 23.4 Å². The van der Waals surface area contributed by atoms with E-state index in [1.165, 1.54) is 11.8 Å². The smallest absolute Gasteiger partial charge is 0.338 e. The van der Waals surface area contributed by atoms with Gasteiger partial charge in [-0.05, 0) is 30.7 Å². The van der Waals surface area contributed by atoms with E-state index in [0.717, 1.165) is 5.75 Å². The molecule has 1 aromatic rings. The summed E-state index contributed by atoms with van der Waals surface area (Å²) in [5, 5.41) is 12.0. The molecule has 0 spiro atoms. The second-order valence-corrected chi connectivity index (χ2v) is 8.64. The van der Waals surface area contributed by atoms with Crippen LogP contribution in [0.5, 0.6) is 0 Å². The predicted molar refractivity (Wildman–Crippen MR) is 85.1 cm³/mol. The van der Waals surface area contributed by atoms with Gasteiger partial charge in [0.15, 0.2) is 9.84 Å². The van der Waals surface area contributed by atoms with Crippen molar-refractivity contribution in [3.8, 4) is 0 Å². The molecule has 0 saturated carbocycles. The summed E-state index contributed by atoms with van der Waals surface area (Å²) < 4.78 is 23.6. The standard InChI is InChI=1S/C14H19NO4S2/c1-2-20-12-7-3-6-11(13(12)14(16)17)15-9-10-5-4-8-21(10,18)19/h3,6-7,10,15H,2,4-5,8-9H2,1H3,(H,16,17). The van der Waals surface area contributed by atoms with Gasteiger partial charge >= 0.3 is 5.97 Å². The SMILES string of the molecule is CCSc1cccc(NCC2CCCS2(=O)=O)c1C(=O)O. The number of benzene rings is 1. The number of hydrogen-bond acceptors (Lipinski definition) is 5. The van der Waals surface area contributed by atoms with Crippen LogP contribution in [-0.4, -0.2) is 42.8 Å². The first-order valence-electron chi connectivity index (χ1n) is 6.90. The van der Waals surface area contributed by atoms with Gasteiger partial charge in [0.2, 0.25) is 0 Å². The maximum Gasteiger partial charge on any atom is 0.338 e. The number of rotatable bonds is 6. The third kappa shape index (κ3) is 3.71. The van der Waals surface area contributed by atoms with Crippen molar-refractivity contribution in [1.29, 1.82) is 0 Å². The zero-order valence-corrected chi connectivity index (χ0v) is 13.5. The second-order valence-electron chi connectivity index (χ2n) is 4.93. The van der Waals surface area contributed by atoms with Crippen LogP contribution in [0.25, 0.3) is 0 Å². The van der Waals surface area contributed by atoms with Crippen LogP contribution in [0.2, 0.25) is 0 Å². The largest absolute Gasteiger partial charge is 0.478 e. The zero-order valence-electron chi connectivity index (χ0n) is 11.8. The van der Waals surface area contributed by atoms with Crippen LogP contribution in [-0.2, 0) is 9.84 Å². The Hall–Kier alpha value is -1.21. The minimum atomic E-state index is -3.03. The van der Waals surface area contributed by atoms with Crippen molar-refractivity contribution in [2.45, 2.75) is 29.9 Å². The molecule has 1 aliphatic rings. The topological polar surface area (TPSA) is 83.5 Å². The van der Waals surface area contributed by atoms with E-state index in [2.05, 4.69) is 5.32 Å². The van der Waals surface area contributed by atoms with Crippen molar-refractivity contribution in [3.05, 3.63) is 23.8 Å². The van der Waals surface area contributed by atoms with Gasteiger partial charge in [-0.3, -0.25) is 0 Å². The Kier molecular flexibility index (Phi) is 5.16. The molecule has 0 aromatic heterocycles. The van der Waals surface area contributed by atoms with E-state index >= 15 is 0 Å². The molecule has 1 fully saturated rings. The first-order chi connectivity index (χ1) is 9.95. The number of carbonyl (C=O) groups is 1. The number of aromatic carboxylic acids is 1. The summed E-state index contributed by atoms with van der Waals surface area (Å²) in [5.74, 6) is 0.0146. The molecule has 116 valence electrons. The van der Waals surface area contributed by atoms with E-state index in [9.17, 15) is 18.3 Å². The number of carboxylic acids is 1. The Balaban J connectivity index is 2.20. The van der Waals surface area contributed by atoms with Gasteiger partial charge in [0.05, 0.1) is 16.6 Å². The number of carboxylic acid groups (broad SMARTS) is 1. The average molecular weight is 329 g/mol. The van der Waals surface area contributed by atoms with Gasteiger partial charge in [-0.15, -0.1) is 11.8 Å². The fraction of sp³-hybridized carbons (Fsp3) is 0.500. The van der Waals surface area contributed by atoms with Crippen molar-refractivity contribution in [1.82, 2.24) is 0 Å². The van der Waals surface area contributed by atoms with Crippen molar-refractivity contribution in [3.63, 3.8) is 0 Å². The van der Waals surface area contributed by atoms with Crippen LogP contribution >= 0.6 is 11.8 Å². The average Bonchev–Trinajstić information content (AvgIpc) is 2.75. The molecule has 0 radical (unpaired) electrons. The first kappa shape index (κ1) is 16.2. The molecule has 1 heterocycles. The molecule has 1 aromatic carbocycles. The Morgan fingerprint density at radius 1 is 1.48 bits per heavy atom. The Labute approximate surface area is 129 Å². The summed E-state index contributed by atoms with van der Waals surface area (Å²) in [6.45, 7) is 2.23. The van der Waals surface area contributed by atoms with Crippen molar-refractivity contribution < 1.29 is 18.3 Å². The van der Waals surface area contributed by atoms with Gasteiger partial charge in [-0.1, -0.05) is 13.0 Å². The van der Waals surface area contributed by atoms with E-state index in [1.54, 1.807) is 18.2 Å². The fourth-order valence-corrected chi connectivity index (χ4v) is 5.08.